The van der Waals surface area contributed by atoms with Crippen LogP contribution in [-0.2, 0) is 0 Å². The van der Waals surface area contributed by atoms with Crippen LogP contribution in [0.5, 0.6) is 0 Å². The molecule has 17 heavy (non-hydrogen) atoms. The van der Waals surface area contributed by atoms with Gasteiger partial charge in [0.1, 0.15) is 0 Å². The van der Waals surface area contributed by atoms with Crippen LogP contribution in [0.15, 0.2) is 0 Å². The standard InChI is InChI=1S/C15H30N2/c1-13(2)11-17-9-5-14(6-10-17)16-12-15(3)7-4-8-15/h13-14,16H,4-12H2,1-3H3. The molecule has 1 saturated carbocycles. The zero-order chi connectivity index (χ0) is 12.3. The van der Waals surface area contributed by atoms with Gasteiger partial charge in [-0.3, -0.25) is 0 Å². The molecule has 2 aliphatic rings. The van der Waals surface area contributed by atoms with Gasteiger partial charge in [-0.25, -0.2) is 0 Å². The summed E-state index contributed by atoms with van der Waals surface area (Å²) in [5.74, 6) is 0.813. The third-order valence-electron chi connectivity index (χ3n) is 4.59. The summed E-state index contributed by atoms with van der Waals surface area (Å²) in [7, 11) is 0. The quantitative estimate of drug-likeness (QED) is 0.792. The first-order chi connectivity index (χ1) is 8.07. The van der Waals surface area contributed by atoms with Crippen LogP contribution in [0, 0.1) is 11.3 Å². The Balaban J connectivity index is 1.62. The van der Waals surface area contributed by atoms with Crippen molar-refractivity contribution in [2.45, 2.75) is 58.9 Å². The predicted molar refractivity (Wildman–Crippen MR) is 74.3 cm³/mol. The molecular formula is C15H30N2. The summed E-state index contributed by atoms with van der Waals surface area (Å²) in [6.07, 6.45) is 7.02. The highest BCUT2D eigenvalue weighted by Crippen LogP contribution is 2.39. The highest BCUT2D eigenvalue weighted by atomic mass is 15.1. The van der Waals surface area contributed by atoms with Crippen LogP contribution in [0.1, 0.15) is 52.9 Å². The summed E-state index contributed by atoms with van der Waals surface area (Å²) in [4.78, 5) is 2.63. The molecule has 0 aromatic heterocycles. The summed E-state index contributed by atoms with van der Waals surface area (Å²) in [6, 6.07) is 0.788. The average molecular weight is 238 g/mol. The van der Waals surface area contributed by atoms with E-state index in [2.05, 4.69) is 31.0 Å². The van der Waals surface area contributed by atoms with Gasteiger partial charge in [-0.15, -0.1) is 0 Å². The first-order valence-corrected chi connectivity index (χ1v) is 7.53. The molecule has 1 aliphatic carbocycles. The lowest BCUT2D eigenvalue weighted by Gasteiger charge is -2.41. The minimum absolute atomic E-state index is 0.634. The van der Waals surface area contributed by atoms with Crippen LogP contribution in [-0.4, -0.2) is 37.1 Å². The molecule has 2 fully saturated rings. The van der Waals surface area contributed by atoms with E-state index in [1.807, 2.05) is 0 Å². The summed E-state index contributed by atoms with van der Waals surface area (Å²) in [5.41, 5.74) is 0.634. The predicted octanol–water partition coefficient (Wildman–Crippen LogP) is 2.89. The molecule has 0 aromatic rings. The number of rotatable bonds is 5. The summed E-state index contributed by atoms with van der Waals surface area (Å²) >= 11 is 0. The molecule has 1 aliphatic heterocycles. The van der Waals surface area contributed by atoms with E-state index in [1.165, 1.54) is 58.3 Å². The van der Waals surface area contributed by atoms with Crippen molar-refractivity contribution in [1.29, 1.82) is 0 Å². The minimum Gasteiger partial charge on any atom is -0.313 e. The van der Waals surface area contributed by atoms with Crippen molar-refractivity contribution in [2.75, 3.05) is 26.2 Å². The molecule has 2 nitrogen and oxygen atoms in total. The maximum atomic E-state index is 3.81. The molecule has 0 bridgehead atoms. The number of likely N-dealkylation sites (tertiary alicyclic amines) is 1. The van der Waals surface area contributed by atoms with Crippen LogP contribution in [0.25, 0.3) is 0 Å². The molecule has 2 rings (SSSR count). The van der Waals surface area contributed by atoms with Gasteiger partial charge in [-0.05, 0) is 50.1 Å². The first-order valence-electron chi connectivity index (χ1n) is 7.53. The van der Waals surface area contributed by atoms with E-state index in [0.717, 1.165) is 12.0 Å². The number of nitrogens with one attached hydrogen (secondary N) is 1. The van der Waals surface area contributed by atoms with Crippen molar-refractivity contribution in [3.05, 3.63) is 0 Å². The van der Waals surface area contributed by atoms with Crippen molar-refractivity contribution < 1.29 is 0 Å². The lowest BCUT2D eigenvalue weighted by atomic mass is 9.70. The van der Waals surface area contributed by atoms with E-state index in [-0.39, 0.29) is 0 Å². The fraction of sp³-hybridized carbons (Fsp3) is 1.00. The van der Waals surface area contributed by atoms with Gasteiger partial charge in [0.2, 0.25) is 0 Å². The van der Waals surface area contributed by atoms with Gasteiger partial charge >= 0.3 is 0 Å². The molecule has 2 heteroatoms. The van der Waals surface area contributed by atoms with Crippen molar-refractivity contribution in [1.82, 2.24) is 10.2 Å². The monoisotopic (exact) mass is 238 g/mol. The van der Waals surface area contributed by atoms with E-state index >= 15 is 0 Å². The zero-order valence-electron chi connectivity index (χ0n) is 12.0. The average Bonchev–Trinajstić information content (AvgIpc) is 2.25. The molecule has 0 spiro atoms. The van der Waals surface area contributed by atoms with Crippen LogP contribution in [0.3, 0.4) is 0 Å². The summed E-state index contributed by atoms with van der Waals surface area (Å²) in [5, 5.41) is 3.81. The maximum Gasteiger partial charge on any atom is 0.00916 e. The molecule has 1 N–H and O–H groups in total. The Morgan fingerprint density at radius 1 is 1.24 bits per heavy atom. The first kappa shape index (κ1) is 13.4. The lowest BCUT2D eigenvalue weighted by Crippen LogP contribution is -2.47. The van der Waals surface area contributed by atoms with Crippen molar-refractivity contribution in [2.24, 2.45) is 11.3 Å². The number of piperidine rings is 1. The topological polar surface area (TPSA) is 15.3 Å². The Labute approximate surface area is 107 Å². The number of hydrogen-bond donors (Lipinski definition) is 1. The largest absolute Gasteiger partial charge is 0.313 e. The van der Waals surface area contributed by atoms with E-state index in [1.54, 1.807) is 0 Å². The Bertz CT molecular complexity index is 225. The number of nitrogens with zero attached hydrogens (tertiary/aromatic N) is 1. The Morgan fingerprint density at radius 2 is 1.88 bits per heavy atom. The molecule has 0 atom stereocenters. The summed E-state index contributed by atoms with van der Waals surface area (Å²) < 4.78 is 0. The maximum absolute atomic E-state index is 3.81. The van der Waals surface area contributed by atoms with Crippen LogP contribution in [0.2, 0.25) is 0 Å². The van der Waals surface area contributed by atoms with Gasteiger partial charge in [0.25, 0.3) is 0 Å². The smallest absolute Gasteiger partial charge is 0.00916 e. The third-order valence-corrected chi connectivity index (χ3v) is 4.59. The SMILES string of the molecule is CC(C)CN1CCC(NCC2(C)CCC2)CC1. The molecule has 0 aromatic carbocycles. The fourth-order valence-corrected chi connectivity index (χ4v) is 3.18. The van der Waals surface area contributed by atoms with Gasteiger partial charge in [-0.2, -0.15) is 0 Å². The summed E-state index contributed by atoms with van der Waals surface area (Å²) in [6.45, 7) is 12.2. The molecule has 0 unspecified atom stereocenters. The van der Waals surface area contributed by atoms with Crippen molar-refractivity contribution >= 4 is 0 Å². The zero-order valence-corrected chi connectivity index (χ0v) is 12.0. The Morgan fingerprint density at radius 3 is 2.35 bits per heavy atom. The van der Waals surface area contributed by atoms with Gasteiger partial charge in [0, 0.05) is 19.1 Å². The molecule has 1 saturated heterocycles. The van der Waals surface area contributed by atoms with Crippen LogP contribution in [0.4, 0.5) is 0 Å². The fourth-order valence-electron chi connectivity index (χ4n) is 3.18. The van der Waals surface area contributed by atoms with Gasteiger partial charge in [0.15, 0.2) is 0 Å². The van der Waals surface area contributed by atoms with E-state index in [9.17, 15) is 0 Å². The molecule has 100 valence electrons. The highest BCUT2D eigenvalue weighted by Gasteiger charge is 2.32. The molecular weight excluding hydrogens is 208 g/mol. The van der Waals surface area contributed by atoms with Gasteiger partial charge < -0.3 is 10.2 Å². The van der Waals surface area contributed by atoms with E-state index in [4.69, 9.17) is 0 Å². The van der Waals surface area contributed by atoms with E-state index in [0.29, 0.717) is 5.41 Å². The Hall–Kier alpha value is -0.0800. The number of hydrogen-bond acceptors (Lipinski definition) is 2. The molecule has 0 radical (unpaired) electrons. The van der Waals surface area contributed by atoms with E-state index < -0.39 is 0 Å². The van der Waals surface area contributed by atoms with Crippen LogP contribution >= 0.6 is 0 Å². The lowest BCUT2D eigenvalue weighted by molar-refractivity contribution is 0.130. The molecule has 1 heterocycles. The minimum atomic E-state index is 0.634. The second kappa shape index (κ2) is 5.71. The van der Waals surface area contributed by atoms with Gasteiger partial charge in [-0.1, -0.05) is 27.2 Å². The normalized spacial score (nSPS) is 26.1. The second-order valence-corrected chi connectivity index (χ2v) is 7.01. The van der Waals surface area contributed by atoms with Crippen molar-refractivity contribution in [3.8, 4) is 0 Å². The van der Waals surface area contributed by atoms with Gasteiger partial charge in [0.05, 0.1) is 0 Å². The molecule has 0 amide bonds. The third kappa shape index (κ3) is 3.96. The second-order valence-electron chi connectivity index (χ2n) is 7.01. The van der Waals surface area contributed by atoms with Crippen LogP contribution < -0.4 is 5.32 Å². The highest BCUT2D eigenvalue weighted by molar-refractivity contribution is 4.87. The Kier molecular flexibility index (Phi) is 4.48. The van der Waals surface area contributed by atoms with Crippen molar-refractivity contribution in [3.63, 3.8) is 0 Å².